The van der Waals surface area contributed by atoms with E-state index < -0.39 is 17.8 Å². The quantitative estimate of drug-likeness (QED) is 0.755. The van der Waals surface area contributed by atoms with Crippen LogP contribution in [0.15, 0.2) is 53.4 Å². The zero-order valence-corrected chi connectivity index (χ0v) is 14.9. The van der Waals surface area contributed by atoms with Crippen LogP contribution in [0.1, 0.15) is 27.1 Å². The second kappa shape index (κ2) is 6.88. The number of rotatable bonds is 4. The topological polar surface area (TPSA) is 84.0 Å². The first kappa shape index (κ1) is 17.3. The van der Waals surface area contributed by atoms with Crippen LogP contribution in [0, 0.1) is 0 Å². The number of hydrogen-bond acceptors (Lipinski definition) is 6. The van der Waals surface area contributed by atoms with Gasteiger partial charge in [-0.05, 0) is 24.3 Å². The van der Waals surface area contributed by atoms with E-state index >= 15 is 0 Å². The average molecular weight is 382 g/mol. The molecule has 0 N–H and O–H groups in total. The van der Waals surface area contributed by atoms with Crippen LogP contribution in [0.3, 0.4) is 0 Å². The van der Waals surface area contributed by atoms with E-state index in [1.54, 1.807) is 12.1 Å². The molecule has 7 nitrogen and oxygen atoms in total. The lowest BCUT2D eigenvalue weighted by Gasteiger charge is -2.28. The van der Waals surface area contributed by atoms with Gasteiger partial charge >= 0.3 is 5.97 Å². The molecule has 0 aromatic heterocycles. The van der Waals surface area contributed by atoms with Gasteiger partial charge < -0.3 is 9.74 Å². The molecule has 0 spiro atoms. The van der Waals surface area contributed by atoms with E-state index in [-0.39, 0.29) is 30.0 Å². The Labute approximate surface area is 158 Å². The summed E-state index contributed by atoms with van der Waals surface area (Å²) in [7, 11) is 0. The Bertz CT molecular complexity index is 939. The van der Waals surface area contributed by atoms with Crippen molar-refractivity contribution in [2.75, 3.05) is 17.2 Å². The summed E-state index contributed by atoms with van der Waals surface area (Å²) in [5.74, 6) is -1.90. The molecule has 2 aliphatic heterocycles. The third-order valence-corrected chi connectivity index (χ3v) is 5.35. The Hall–Kier alpha value is -3.13. The minimum absolute atomic E-state index is 0.104. The molecule has 2 aliphatic rings. The Morgan fingerprint density at radius 2 is 1.59 bits per heavy atom. The highest BCUT2D eigenvalue weighted by Crippen LogP contribution is 2.35. The van der Waals surface area contributed by atoms with Crippen LogP contribution < -0.4 is 4.90 Å². The van der Waals surface area contributed by atoms with Gasteiger partial charge in [-0.2, -0.15) is 0 Å². The van der Waals surface area contributed by atoms with Crippen molar-refractivity contribution in [2.45, 2.75) is 11.3 Å². The molecule has 8 heteroatoms. The monoisotopic (exact) mass is 382 g/mol. The molecule has 2 aromatic carbocycles. The molecule has 0 unspecified atom stereocenters. The van der Waals surface area contributed by atoms with Crippen molar-refractivity contribution in [3.05, 3.63) is 59.7 Å². The zero-order valence-electron chi connectivity index (χ0n) is 14.1. The van der Waals surface area contributed by atoms with E-state index in [0.29, 0.717) is 10.8 Å². The van der Waals surface area contributed by atoms with E-state index in [1.807, 2.05) is 24.3 Å². The van der Waals surface area contributed by atoms with Crippen molar-refractivity contribution < 1.29 is 24.0 Å². The molecule has 136 valence electrons. The summed E-state index contributed by atoms with van der Waals surface area (Å²) >= 11 is 1.45. The van der Waals surface area contributed by atoms with E-state index in [2.05, 4.69) is 0 Å². The molecule has 0 atom stereocenters. The first-order chi connectivity index (χ1) is 13.1. The molecule has 0 aliphatic carbocycles. The fourth-order valence-electron chi connectivity index (χ4n) is 3.00. The Morgan fingerprint density at radius 1 is 0.963 bits per heavy atom. The predicted molar refractivity (Wildman–Crippen MR) is 97.2 cm³/mol. The summed E-state index contributed by atoms with van der Waals surface area (Å²) in [4.78, 5) is 56.3. The summed E-state index contributed by atoms with van der Waals surface area (Å²) in [5.41, 5.74) is 1.15. The van der Waals surface area contributed by atoms with Crippen molar-refractivity contribution in [1.82, 2.24) is 5.06 Å². The van der Waals surface area contributed by atoms with Gasteiger partial charge in [0.05, 0.1) is 29.0 Å². The number of imide groups is 1. The first-order valence-corrected chi connectivity index (χ1v) is 9.25. The number of amides is 3. The van der Waals surface area contributed by atoms with E-state index in [1.165, 1.54) is 28.8 Å². The summed E-state index contributed by atoms with van der Waals surface area (Å²) in [6.07, 6.45) is -0.141. The number of hydrogen-bond donors (Lipinski definition) is 0. The summed E-state index contributed by atoms with van der Waals surface area (Å²) < 4.78 is 0. The zero-order chi connectivity index (χ0) is 19.0. The third kappa shape index (κ3) is 3.08. The van der Waals surface area contributed by atoms with Crippen LogP contribution in [0.25, 0.3) is 0 Å². The number of para-hydroxylation sites is 1. The number of hydroxylamine groups is 2. The van der Waals surface area contributed by atoms with Crippen LogP contribution >= 0.6 is 11.8 Å². The van der Waals surface area contributed by atoms with Gasteiger partial charge in [0, 0.05) is 11.4 Å². The largest absolute Gasteiger partial charge is 0.335 e. The first-order valence-electron chi connectivity index (χ1n) is 8.27. The molecular weight excluding hydrogens is 368 g/mol. The maximum absolute atomic E-state index is 12.2. The number of fused-ring (bicyclic) bond motifs is 2. The Balaban J connectivity index is 1.42. The molecule has 4 rings (SSSR count). The van der Waals surface area contributed by atoms with Crippen molar-refractivity contribution in [3.8, 4) is 0 Å². The van der Waals surface area contributed by atoms with Gasteiger partial charge in [0.2, 0.25) is 5.91 Å². The van der Waals surface area contributed by atoms with Crippen molar-refractivity contribution in [1.29, 1.82) is 0 Å². The second-order valence-corrected chi connectivity index (χ2v) is 6.98. The summed E-state index contributed by atoms with van der Waals surface area (Å²) in [5, 5.41) is 0.481. The highest BCUT2D eigenvalue weighted by molar-refractivity contribution is 8.00. The van der Waals surface area contributed by atoms with Crippen molar-refractivity contribution in [2.24, 2.45) is 0 Å². The van der Waals surface area contributed by atoms with Crippen LogP contribution in [0.4, 0.5) is 5.69 Å². The van der Waals surface area contributed by atoms with Gasteiger partial charge in [-0.3, -0.25) is 14.4 Å². The van der Waals surface area contributed by atoms with E-state index in [0.717, 1.165) is 10.6 Å². The van der Waals surface area contributed by atoms with Gasteiger partial charge in [0.1, 0.15) is 0 Å². The molecule has 0 bridgehead atoms. The maximum atomic E-state index is 12.2. The molecular formula is C19H14N2O5S. The average Bonchev–Trinajstić information content (AvgIpc) is 2.92. The lowest BCUT2D eigenvalue weighted by Crippen LogP contribution is -2.38. The number of carbonyl (C=O) groups is 4. The van der Waals surface area contributed by atoms with Gasteiger partial charge in [-0.25, -0.2) is 4.79 Å². The highest BCUT2D eigenvalue weighted by atomic mass is 32.2. The number of carbonyl (C=O) groups excluding carboxylic acids is 4. The second-order valence-electron chi connectivity index (χ2n) is 5.97. The van der Waals surface area contributed by atoms with Gasteiger partial charge in [-0.15, -0.1) is 11.8 Å². The lowest BCUT2D eigenvalue weighted by atomic mass is 10.1. The molecule has 0 radical (unpaired) electrons. The fraction of sp³-hybridized carbons (Fsp3) is 0.158. The Kier molecular flexibility index (Phi) is 4.41. The maximum Gasteiger partial charge on any atom is 0.335 e. The molecule has 2 heterocycles. The molecule has 2 aromatic rings. The predicted octanol–water partition coefficient (Wildman–Crippen LogP) is 2.27. The molecule has 0 saturated heterocycles. The van der Waals surface area contributed by atoms with Gasteiger partial charge in [0.25, 0.3) is 11.8 Å². The smallest absolute Gasteiger partial charge is 0.330 e. The normalized spacial score (nSPS) is 15.6. The van der Waals surface area contributed by atoms with Crippen molar-refractivity contribution >= 4 is 41.1 Å². The van der Waals surface area contributed by atoms with E-state index in [9.17, 15) is 19.2 Å². The fourth-order valence-corrected chi connectivity index (χ4v) is 3.94. The molecule has 0 fully saturated rings. The van der Waals surface area contributed by atoms with E-state index in [4.69, 9.17) is 4.84 Å². The van der Waals surface area contributed by atoms with Crippen LogP contribution in [-0.2, 0) is 14.4 Å². The summed E-state index contributed by atoms with van der Waals surface area (Å²) in [6, 6.07) is 13.7. The standard InChI is InChI=1S/C19H14N2O5S/c22-16-11-27-15-8-4-3-7-14(15)20(16)10-9-17(23)26-21-18(24)12-5-1-2-6-13(12)19(21)25/h1-8H,9-11H2. The SMILES string of the molecule is O=C(CCN1C(=O)CSc2ccccc21)ON1C(=O)c2ccccc2C1=O. The van der Waals surface area contributed by atoms with Crippen LogP contribution in [-0.4, -0.2) is 41.1 Å². The molecule has 0 saturated carbocycles. The third-order valence-electron chi connectivity index (χ3n) is 4.30. The lowest BCUT2D eigenvalue weighted by molar-refractivity contribution is -0.168. The number of thioether (sulfide) groups is 1. The van der Waals surface area contributed by atoms with Crippen molar-refractivity contribution in [3.63, 3.8) is 0 Å². The summed E-state index contributed by atoms with van der Waals surface area (Å²) in [6.45, 7) is 0.110. The molecule has 3 amide bonds. The molecule has 27 heavy (non-hydrogen) atoms. The number of benzene rings is 2. The van der Waals surface area contributed by atoms with Gasteiger partial charge in [0.15, 0.2) is 0 Å². The van der Waals surface area contributed by atoms with Crippen LogP contribution in [0.5, 0.6) is 0 Å². The van der Waals surface area contributed by atoms with Gasteiger partial charge in [-0.1, -0.05) is 29.3 Å². The van der Waals surface area contributed by atoms with Crippen LogP contribution in [0.2, 0.25) is 0 Å². The minimum atomic E-state index is -0.756. The highest BCUT2D eigenvalue weighted by Gasteiger charge is 2.38. The Morgan fingerprint density at radius 3 is 2.30 bits per heavy atom. The minimum Gasteiger partial charge on any atom is -0.330 e. The number of nitrogens with zero attached hydrogens (tertiary/aromatic N) is 2. The number of anilines is 1.